The van der Waals surface area contributed by atoms with Gasteiger partial charge in [-0.1, -0.05) is 12.1 Å². The van der Waals surface area contributed by atoms with E-state index in [1.54, 1.807) is 24.3 Å². The van der Waals surface area contributed by atoms with Crippen molar-refractivity contribution in [3.05, 3.63) is 52.3 Å². The number of nitrogens with one attached hydrogen (secondary N) is 2. The summed E-state index contributed by atoms with van der Waals surface area (Å²) in [5.41, 5.74) is 1.69. The van der Waals surface area contributed by atoms with E-state index in [1.165, 1.54) is 15.9 Å². The molecule has 4 rings (SSSR count). The van der Waals surface area contributed by atoms with E-state index in [4.69, 9.17) is 0 Å². The third kappa shape index (κ3) is 2.49. The number of aromatic nitrogens is 4. The minimum absolute atomic E-state index is 0.125. The molecule has 1 atom stereocenters. The number of carbonyl (C=O) groups excluding carboxylic acids is 1. The Hall–Kier alpha value is -3.36. The molecule has 128 valence electrons. The van der Waals surface area contributed by atoms with Gasteiger partial charge >= 0.3 is 5.97 Å². The maximum Gasteiger partial charge on any atom is 0.326 e. The van der Waals surface area contributed by atoms with Crippen LogP contribution in [0.1, 0.15) is 11.4 Å². The normalized spacial score (nSPS) is 16.8. The zero-order valence-corrected chi connectivity index (χ0v) is 13.1. The lowest BCUT2D eigenvalue weighted by molar-refractivity contribution is -0.151. The number of para-hydroxylation sites is 1. The van der Waals surface area contributed by atoms with Gasteiger partial charge in [-0.05, 0) is 12.1 Å². The van der Waals surface area contributed by atoms with E-state index in [0.29, 0.717) is 16.6 Å². The number of carbonyl (C=O) groups is 2. The molecule has 0 bridgehead atoms. The molecule has 3 aromatic rings. The number of hydrogen-bond donors (Lipinski definition) is 3. The highest BCUT2D eigenvalue weighted by molar-refractivity contribution is 5.85. The van der Waals surface area contributed by atoms with Crippen molar-refractivity contribution in [3.8, 4) is 0 Å². The van der Waals surface area contributed by atoms with Crippen LogP contribution in [0.5, 0.6) is 0 Å². The lowest BCUT2D eigenvalue weighted by Crippen LogP contribution is -2.50. The maximum atomic E-state index is 12.7. The van der Waals surface area contributed by atoms with E-state index in [1.807, 2.05) is 0 Å². The molecule has 1 aliphatic rings. The molecule has 25 heavy (non-hydrogen) atoms. The van der Waals surface area contributed by atoms with Crippen molar-refractivity contribution >= 4 is 22.8 Å². The fraction of sp³-hybridized carbons (Fsp3) is 0.250. The minimum Gasteiger partial charge on any atom is -0.480 e. The highest BCUT2D eigenvalue weighted by atomic mass is 16.4. The third-order valence-corrected chi connectivity index (χ3v) is 4.46. The quantitative estimate of drug-likeness (QED) is 0.623. The first-order valence-electron chi connectivity index (χ1n) is 7.75. The number of benzene rings is 1. The Morgan fingerprint density at radius 2 is 2.12 bits per heavy atom. The molecule has 0 radical (unpaired) electrons. The van der Waals surface area contributed by atoms with Gasteiger partial charge in [0, 0.05) is 6.42 Å². The van der Waals surface area contributed by atoms with Crippen LogP contribution in [0.25, 0.3) is 10.9 Å². The van der Waals surface area contributed by atoms with Crippen molar-refractivity contribution < 1.29 is 14.7 Å². The molecule has 0 saturated carbocycles. The molecule has 0 aliphatic carbocycles. The second-order valence-electron chi connectivity index (χ2n) is 5.96. The standard InChI is InChI=1S/C16H15N5O4/c22-14(7-21-15(23)9-3-1-2-4-10(9)19-21)20-6-12-11(17-8-18-12)5-13(20)16(24)25/h1-4,8,13,19H,5-7H2,(H,17,18)(H,24,25)/t13-/m0/s1. The van der Waals surface area contributed by atoms with Gasteiger partial charge in [0.15, 0.2) is 0 Å². The van der Waals surface area contributed by atoms with Gasteiger partial charge in [0.2, 0.25) is 5.91 Å². The number of aliphatic carboxylic acids is 1. The molecule has 0 saturated heterocycles. The number of carboxylic acid groups (broad SMARTS) is 1. The van der Waals surface area contributed by atoms with Crippen LogP contribution in [0.2, 0.25) is 0 Å². The van der Waals surface area contributed by atoms with Crippen LogP contribution in [0, 0.1) is 0 Å². The Labute approximate surface area is 140 Å². The second-order valence-corrected chi connectivity index (χ2v) is 5.96. The molecule has 0 spiro atoms. The molecule has 3 heterocycles. The Kier molecular flexibility index (Phi) is 3.41. The minimum atomic E-state index is -1.09. The number of amides is 1. The summed E-state index contributed by atoms with van der Waals surface area (Å²) >= 11 is 0. The molecule has 3 N–H and O–H groups in total. The smallest absolute Gasteiger partial charge is 0.326 e. The molecule has 9 heteroatoms. The fourth-order valence-electron chi connectivity index (χ4n) is 3.16. The number of nitrogens with zero attached hydrogens (tertiary/aromatic N) is 3. The van der Waals surface area contributed by atoms with Crippen molar-refractivity contribution in [3.63, 3.8) is 0 Å². The average Bonchev–Trinajstić information content (AvgIpc) is 3.18. The van der Waals surface area contributed by atoms with E-state index in [2.05, 4.69) is 15.1 Å². The lowest BCUT2D eigenvalue weighted by atomic mass is 10.0. The largest absolute Gasteiger partial charge is 0.480 e. The monoisotopic (exact) mass is 341 g/mol. The number of carboxylic acids is 1. The summed E-state index contributed by atoms with van der Waals surface area (Å²) < 4.78 is 1.20. The number of hydrogen-bond acceptors (Lipinski definition) is 4. The SMILES string of the molecule is O=C(O)[C@@H]1Cc2nc[nH]c2CN1C(=O)Cn1[nH]c2ccccc2c1=O. The first kappa shape index (κ1) is 15.2. The van der Waals surface area contributed by atoms with E-state index in [-0.39, 0.29) is 25.1 Å². The van der Waals surface area contributed by atoms with Crippen LogP contribution in [0.3, 0.4) is 0 Å². The first-order valence-corrected chi connectivity index (χ1v) is 7.75. The number of fused-ring (bicyclic) bond motifs is 2. The number of aromatic amines is 2. The molecule has 0 unspecified atom stereocenters. The molecular weight excluding hydrogens is 326 g/mol. The highest BCUT2D eigenvalue weighted by Gasteiger charge is 2.36. The van der Waals surface area contributed by atoms with Crippen LogP contribution in [0.4, 0.5) is 0 Å². The van der Waals surface area contributed by atoms with E-state index in [9.17, 15) is 19.5 Å². The van der Waals surface area contributed by atoms with E-state index in [0.717, 1.165) is 5.69 Å². The summed E-state index contributed by atoms with van der Waals surface area (Å²) in [7, 11) is 0. The van der Waals surface area contributed by atoms with Gasteiger partial charge in [-0.3, -0.25) is 14.7 Å². The summed E-state index contributed by atoms with van der Waals surface area (Å²) in [5, 5.41) is 12.8. The Bertz CT molecular complexity index is 1030. The van der Waals surface area contributed by atoms with Crippen molar-refractivity contribution in [2.75, 3.05) is 0 Å². The summed E-state index contributed by atoms with van der Waals surface area (Å²) in [6.45, 7) is -0.124. The second kappa shape index (κ2) is 5.62. The van der Waals surface area contributed by atoms with Crippen LogP contribution < -0.4 is 5.56 Å². The number of rotatable bonds is 3. The van der Waals surface area contributed by atoms with Gasteiger partial charge in [0.25, 0.3) is 5.56 Å². The van der Waals surface area contributed by atoms with Crippen molar-refractivity contribution in [1.29, 1.82) is 0 Å². The van der Waals surface area contributed by atoms with Crippen molar-refractivity contribution in [2.45, 2.75) is 25.6 Å². The van der Waals surface area contributed by atoms with Gasteiger partial charge in [0.1, 0.15) is 12.6 Å². The van der Waals surface area contributed by atoms with Gasteiger partial charge in [-0.25, -0.2) is 14.5 Å². The van der Waals surface area contributed by atoms with Crippen LogP contribution in [0.15, 0.2) is 35.4 Å². The van der Waals surface area contributed by atoms with Gasteiger partial charge in [-0.15, -0.1) is 0 Å². The Morgan fingerprint density at radius 3 is 2.88 bits per heavy atom. The Morgan fingerprint density at radius 1 is 1.32 bits per heavy atom. The van der Waals surface area contributed by atoms with E-state index < -0.39 is 17.9 Å². The predicted octanol–water partition coefficient (Wildman–Crippen LogP) is 0.0908. The lowest BCUT2D eigenvalue weighted by Gasteiger charge is -2.32. The fourth-order valence-corrected chi connectivity index (χ4v) is 3.16. The number of H-pyrrole nitrogens is 2. The molecule has 1 aromatic carbocycles. The van der Waals surface area contributed by atoms with Crippen molar-refractivity contribution in [1.82, 2.24) is 24.6 Å². The van der Waals surface area contributed by atoms with Gasteiger partial charge in [-0.2, -0.15) is 0 Å². The molecule has 1 aliphatic heterocycles. The zero-order chi connectivity index (χ0) is 17.6. The highest BCUT2D eigenvalue weighted by Crippen LogP contribution is 2.21. The summed E-state index contributed by atoms with van der Waals surface area (Å²) in [6, 6.07) is 5.95. The summed E-state index contributed by atoms with van der Waals surface area (Å²) in [5.74, 6) is -1.53. The van der Waals surface area contributed by atoms with Gasteiger partial charge in [0.05, 0.1) is 35.2 Å². The maximum absolute atomic E-state index is 12.7. The topological polar surface area (TPSA) is 124 Å². The molecular formula is C16H15N5O4. The summed E-state index contributed by atoms with van der Waals surface area (Å²) in [4.78, 5) is 44.9. The molecule has 9 nitrogen and oxygen atoms in total. The van der Waals surface area contributed by atoms with Gasteiger partial charge < -0.3 is 15.0 Å². The summed E-state index contributed by atoms with van der Waals surface area (Å²) in [6.07, 6.45) is 1.63. The number of imidazole rings is 1. The molecule has 0 fully saturated rings. The molecule has 2 aromatic heterocycles. The van der Waals surface area contributed by atoms with Crippen LogP contribution in [-0.4, -0.2) is 47.7 Å². The average molecular weight is 341 g/mol. The molecule has 1 amide bonds. The zero-order valence-electron chi connectivity index (χ0n) is 13.1. The van der Waals surface area contributed by atoms with Crippen molar-refractivity contribution in [2.24, 2.45) is 0 Å². The van der Waals surface area contributed by atoms with Crippen LogP contribution >= 0.6 is 0 Å². The third-order valence-electron chi connectivity index (χ3n) is 4.46. The van der Waals surface area contributed by atoms with Crippen LogP contribution in [-0.2, 0) is 29.1 Å². The predicted molar refractivity (Wildman–Crippen MR) is 86.8 cm³/mol. The van der Waals surface area contributed by atoms with E-state index >= 15 is 0 Å². The Balaban J connectivity index is 1.64. The first-order chi connectivity index (χ1) is 12.0.